The van der Waals surface area contributed by atoms with Gasteiger partial charge in [0.2, 0.25) is 0 Å². The second-order valence-electron chi connectivity index (χ2n) is 12.5. The van der Waals surface area contributed by atoms with Crippen molar-refractivity contribution < 1.29 is 4.42 Å². The highest BCUT2D eigenvalue weighted by atomic mass is 16.3. The molecule has 0 unspecified atom stereocenters. The van der Waals surface area contributed by atoms with Gasteiger partial charge in [-0.2, -0.15) is 0 Å². The second kappa shape index (κ2) is 9.70. The van der Waals surface area contributed by atoms with Crippen molar-refractivity contribution in [3.05, 3.63) is 163 Å². The van der Waals surface area contributed by atoms with Gasteiger partial charge in [-0.25, -0.2) is 0 Å². The fourth-order valence-electron chi connectivity index (χ4n) is 7.49. The smallest absolute Gasteiger partial charge is 0.143 e. The molecule has 1 heterocycles. The van der Waals surface area contributed by atoms with Crippen LogP contribution >= 0.6 is 0 Å². The summed E-state index contributed by atoms with van der Waals surface area (Å²) < 4.78 is 6.51. The monoisotopic (exact) mass is 577 g/mol. The van der Waals surface area contributed by atoms with Crippen LogP contribution in [0.25, 0.3) is 55.0 Å². The second-order valence-corrected chi connectivity index (χ2v) is 12.5. The van der Waals surface area contributed by atoms with Crippen LogP contribution in [0.15, 0.2) is 156 Å². The van der Waals surface area contributed by atoms with Crippen LogP contribution in [-0.2, 0) is 5.41 Å². The molecule has 214 valence electrons. The lowest BCUT2D eigenvalue weighted by atomic mass is 9.82. The summed E-state index contributed by atoms with van der Waals surface area (Å²) in [6.07, 6.45) is 0. The molecule has 0 atom stereocenters. The number of rotatable bonds is 4. The average molecular weight is 578 g/mol. The Labute approximate surface area is 262 Å². The summed E-state index contributed by atoms with van der Waals surface area (Å²) in [7, 11) is 0. The van der Waals surface area contributed by atoms with Gasteiger partial charge in [0.25, 0.3) is 0 Å². The first-order valence-corrected chi connectivity index (χ1v) is 15.6. The quantitative estimate of drug-likeness (QED) is 0.207. The molecule has 0 radical (unpaired) electrons. The molecular formula is C43H31NO. The third-order valence-electron chi connectivity index (χ3n) is 9.67. The van der Waals surface area contributed by atoms with Crippen molar-refractivity contribution in [1.29, 1.82) is 0 Å². The molecule has 1 aliphatic carbocycles. The van der Waals surface area contributed by atoms with Gasteiger partial charge >= 0.3 is 0 Å². The molecule has 1 aromatic heterocycles. The molecule has 0 amide bonds. The Bertz CT molecular complexity index is 2410. The molecule has 0 bridgehead atoms. The van der Waals surface area contributed by atoms with E-state index in [0.29, 0.717) is 0 Å². The van der Waals surface area contributed by atoms with Gasteiger partial charge in [-0.3, -0.25) is 0 Å². The van der Waals surface area contributed by atoms with E-state index >= 15 is 0 Å². The molecule has 2 nitrogen and oxygen atoms in total. The lowest BCUT2D eigenvalue weighted by Gasteiger charge is -2.30. The molecule has 0 saturated heterocycles. The molecular weight excluding hydrogens is 546 g/mol. The number of furan rings is 1. The highest BCUT2D eigenvalue weighted by molar-refractivity contribution is 6.18. The van der Waals surface area contributed by atoms with E-state index in [-0.39, 0.29) is 5.41 Å². The predicted octanol–water partition coefficient (Wildman–Crippen LogP) is 12.2. The van der Waals surface area contributed by atoms with Crippen LogP contribution in [0, 0.1) is 0 Å². The van der Waals surface area contributed by atoms with E-state index in [1.807, 2.05) is 6.07 Å². The summed E-state index contributed by atoms with van der Waals surface area (Å²) in [6, 6.07) is 54.7. The largest absolute Gasteiger partial charge is 0.455 e. The van der Waals surface area contributed by atoms with Crippen LogP contribution in [0.1, 0.15) is 25.0 Å². The first-order valence-electron chi connectivity index (χ1n) is 15.6. The molecule has 45 heavy (non-hydrogen) atoms. The Morgan fingerprint density at radius 1 is 0.467 bits per heavy atom. The number of hydrogen-bond acceptors (Lipinski definition) is 2. The highest BCUT2D eigenvalue weighted by Gasteiger charge is 2.36. The Hall–Kier alpha value is -5.60. The zero-order chi connectivity index (χ0) is 30.1. The maximum Gasteiger partial charge on any atom is 0.143 e. The van der Waals surface area contributed by atoms with Crippen LogP contribution in [0.2, 0.25) is 0 Å². The van der Waals surface area contributed by atoms with E-state index < -0.39 is 0 Å². The van der Waals surface area contributed by atoms with Gasteiger partial charge in [0.1, 0.15) is 11.2 Å². The lowest BCUT2D eigenvalue weighted by Crippen LogP contribution is -2.17. The summed E-state index contributed by atoms with van der Waals surface area (Å²) in [6.45, 7) is 4.69. The zero-order valence-electron chi connectivity index (χ0n) is 25.3. The minimum absolute atomic E-state index is 0.105. The molecule has 9 rings (SSSR count). The van der Waals surface area contributed by atoms with Gasteiger partial charge in [0, 0.05) is 38.2 Å². The molecule has 0 fully saturated rings. The van der Waals surface area contributed by atoms with Gasteiger partial charge in [-0.15, -0.1) is 0 Å². The van der Waals surface area contributed by atoms with Crippen molar-refractivity contribution in [3.8, 4) is 22.3 Å². The van der Waals surface area contributed by atoms with Gasteiger partial charge in [-0.05, 0) is 64.2 Å². The lowest BCUT2D eigenvalue weighted by molar-refractivity contribution is 0.660. The topological polar surface area (TPSA) is 16.4 Å². The maximum atomic E-state index is 6.51. The van der Waals surface area contributed by atoms with Gasteiger partial charge in [-0.1, -0.05) is 129 Å². The van der Waals surface area contributed by atoms with Gasteiger partial charge in [0.15, 0.2) is 0 Å². The minimum atomic E-state index is -0.105. The van der Waals surface area contributed by atoms with E-state index in [1.54, 1.807) is 0 Å². The van der Waals surface area contributed by atoms with Crippen molar-refractivity contribution >= 4 is 49.8 Å². The van der Waals surface area contributed by atoms with Crippen molar-refractivity contribution in [2.24, 2.45) is 0 Å². The van der Waals surface area contributed by atoms with Gasteiger partial charge < -0.3 is 9.32 Å². The summed E-state index contributed by atoms with van der Waals surface area (Å²) in [5.41, 5.74) is 12.9. The number of anilines is 3. The van der Waals surface area contributed by atoms with E-state index in [4.69, 9.17) is 4.42 Å². The third kappa shape index (κ3) is 3.82. The number of benzene rings is 7. The molecule has 7 aromatic carbocycles. The zero-order valence-corrected chi connectivity index (χ0v) is 25.3. The summed E-state index contributed by atoms with van der Waals surface area (Å²) in [5, 5.41) is 4.54. The normalized spacial score (nSPS) is 13.3. The van der Waals surface area contributed by atoms with Gasteiger partial charge in [0.05, 0.1) is 11.4 Å². The molecule has 8 aromatic rings. The maximum absolute atomic E-state index is 6.51. The number of para-hydroxylation sites is 2. The van der Waals surface area contributed by atoms with E-state index in [0.717, 1.165) is 49.8 Å². The van der Waals surface area contributed by atoms with Crippen LogP contribution in [0.5, 0.6) is 0 Å². The van der Waals surface area contributed by atoms with Crippen molar-refractivity contribution in [3.63, 3.8) is 0 Å². The van der Waals surface area contributed by atoms with E-state index in [2.05, 4.69) is 164 Å². The Morgan fingerprint density at radius 3 is 2.00 bits per heavy atom. The Morgan fingerprint density at radius 2 is 1.11 bits per heavy atom. The van der Waals surface area contributed by atoms with E-state index in [1.165, 1.54) is 33.4 Å². The van der Waals surface area contributed by atoms with Crippen molar-refractivity contribution in [2.45, 2.75) is 19.3 Å². The summed E-state index contributed by atoms with van der Waals surface area (Å²) in [4.78, 5) is 2.44. The Balaban J connectivity index is 1.33. The molecule has 0 saturated carbocycles. The van der Waals surface area contributed by atoms with Crippen LogP contribution in [0.3, 0.4) is 0 Å². The first-order chi connectivity index (χ1) is 22.1. The number of hydrogen-bond donors (Lipinski definition) is 0. The predicted molar refractivity (Wildman–Crippen MR) is 189 cm³/mol. The van der Waals surface area contributed by atoms with Crippen molar-refractivity contribution in [2.75, 3.05) is 4.90 Å². The molecule has 2 heteroatoms. The highest BCUT2D eigenvalue weighted by Crippen LogP contribution is 2.52. The standard InChI is InChI=1S/C43H31NO/c1-43(2)37-19-9-6-16-31(37)32-24-23-29(27-38(32)43)44(39-20-10-7-15-30(39)28-13-4-3-5-14-28)40-21-12-18-35-33(40)25-26-36-34-17-8-11-22-41(34)45-42(35)36/h3-27H,1-2H3. The molecule has 0 N–H and O–H groups in total. The fourth-order valence-corrected chi connectivity index (χ4v) is 7.49. The summed E-state index contributed by atoms with van der Waals surface area (Å²) >= 11 is 0. The molecule has 0 aliphatic heterocycles. The Kier molecular flexibility index (Phi) is 5.58. The van der Waals surface area contributed by atoms with Crippen LogP contribution < -0.4 is 4.90 Å². The fraction of sp³-hybridized carbons (Fsp3) is 0.0698. The van der Waals surface area contributed by atoms with Crippen molar-refractivity contribution in [1.82, 2.24) is 0 Å². The van der Waals surface area contributed by atoms with E-state index in [9.17, 15) is 0 Å². The third-order valence-corrected chi connectivity index (χ3v) is 9.67. The number of nitrogens with zero attached hydrogens (tertiary/aromatic N) is 1. The summed E-state index contributed by atoms with van der Waals surface area (Å²) in [5.74, 6) is 0. The van der Waals surface area contributed by atoms with Crippen LogP contribution in [-0.4, -0.2) is 0 Å². The number of fused-ring (bicyclic) bond motifs is 8. The SMILES string of the molecule is CC1(C)c2ccccc2-c2ccc(N(c3ccccc3-c3ccccc3)c3cccc4c3ccc3c5ccccc5oc43)cc21. The first kappa shape index (κ1) is 25.9. The van der Waals surface area contributed by atoms with Crippen LogP contribution in [0.4, 0.5) is 17.1 Å². The average Bonchev–Trinajstić information content (AvgIpc) is 3.58. The minimum Gasteiger partial charge on any atom is -0.455 e. The molecule has 1 aliphatic rings. The molecule has 0 spiro atoms.